The Morgan fingerprint density at radius 3 is 2.89 bits per heavy atom. The number of rotatable bonds is 4. The number of imidazole rings is 1. The lowest BCUT2D eigenvalue weighted by atomic mass is 10.1. The molecule has 19 heavy (non-hydrogen) atoms. The quantitative estimate of drug-likeness (QED) is 0.779. The molecule has 1 aromatic carbocycles. The third kappa shape index (κ3) is 2.15. The van der Waals surface area contributed by atoms with Crippen molar-refractivity contribution in [3.05, 3.63) is 53.8 Å². The Kier molecular flexibility index (Phi) is 3.09. The molecule has 0 spiro atoms. The average molecular weight is 255 g/mol. The molecular formula is C15H17N3O. The number of benzene rings is 1. The fraction of sp³-hybridized carbons (Fsp3) is 0.267. The van der Waals surface area contributed by atoms with Crippen molar-refractivity contribution < 1.29 is 4.42 Å². The minimum atomic E-state index is 0.720. The smallest absolute Gasteiger partial charge is 0.134 e. The lowest BCUT2D eigenvalue weighted by Gasteiger charge is -2.05. The second-order valence-electron chi connectivity index (χ2n) is 4.63. The van der Waals surface area contributed by atoms with Gasteiger partial charge in [-0.2, -0.15) is 0 Å². The third-order valence-corrected chi connectivity index (χ3v) is 3.37. The molecule has 3 rings (SSSR count). The number of nitrogens with one attached hydrogen (secondary N) is 1. The van der Waals surface area contributed by atoms with E-state index in [1.54, 1.807) is 0 Å². The number of nitrogens with zero attached hydrogens (tertiary/aromatic N) is 2. The summed E-state index contributed by atoms with van der Waals surface area (Å²) < 4.78 is 8.09. The maximum atomic E-state index is 5.99. The van der Waals surface area contributed by atoms with Gasteiger partial charge in [-0.3, -0.25) is 0 Å². The van der Waals surface area contributed by atoms with Crippen LogP contribution in [0.5, 0.6) is 0 Å². The molecule has 3 aromatic rings. The summed E-state index contributed by atoms with van der Waals surface area (Å²) in [4.78, 5) is 4.25. The van der Waals surface area contributed by atoms with Gasteiger partial charge in [0, 0.05) is 29.9 Å². The van der Waals surface area contributed by atoms with Crippen LogP contribution in [0.25, 0.3) is 11.0 Å². The van der Waals surface area contributed by atoms with Crippen molar-refractivity contribution in [2.75, 3.05) is 7.05 Å². The molecule has 0 unspecified atom stereocenters. The number of aromatic nitrogens is 2. The Morgan fingerprint density at radius 2 is 2.16 bits per heavy atom. The van der Waals surface area contributed by atoms with Crippen LogP contribution in [0, 0.1) is 6.92 Å². The van der Waals surface area contributed by atoms with Gasteiger partial charge in [-0.25, -0.2) is 4.98 Å². The van der Waals surface area contributed by atoms with Gasteiger partial charge < -0.3 is 14.3 Å². The minimum Gasteiger partial charge on any atom is -0.459 e. The van der Waals surface area contributed by atoms with Gasteiger partial charge in [-0.05, 0) is 20.0 Å². The predicted molar refractivity (Wildman–Crippen MR) is 75.0 cm³/mol. The Bertz CT molecular complexity index is 696. The molecule has 0 aliphatic heterocycles. The van der Waals surface area contributed by atoms with E-state index in [0.717, 1.165) is 30.3 Å². The number of aryl methyl sites for hydroxylation is 1. The Labute approximate surface area is 112 Å². The van der Waals surface area contributed by atoms with Gasteiger partial charge >= 0.3 is 0 Å². The second-order valence-corrected chi connectivity index (χ2v) is 4.63. The van der Waals surface area contributed by atoms with Gasteiger partial charge in [0.1, 0.15) is 17.2 Å². The molecule has 2 aromatic heterocycles. The highest BCUT2D eigenvalue weighted by Gasteiger charge is 2.14. The summed E-state index contributed by atoms with van der Waals surface area (Å²) in [5, 5.41) is 4.40. The van der Waals surface area contributed by atoms with Crippen LogP contribution in [0.4, 0.5) is 0 Å². The Morgan fingerprint density at radius 1 is 1.32 bits per heavy atom. The zero-order valence-corrected chi connectivity index (χ0v) is 11.2. The maximum Gasteiger partial charge on any atom is 0.134 e. The number of para-hydroxylation sites is 1. The summed E-state index contributed by atoms with van der Waals surface area (Å²) in [7, 11) is 1.95. The second kappa shape index (κ2) is 4.90. The SMILES string of the molecule is CNCc1c(Cn2ccnc2C)oc2ccccc12. The number of fused-ring (bicyclic) bond motifs is 1. The molecule has 0 saturated carbocycles. The summed E-state index contributed by atoms with van der Waals surface area (Å²) >= 11 is 0. The van der Waals surface area contributed by atoms with Gasteiger partial charge in [0.05, 0.1) is 6.54 Å². The van der Waals surface area contributed by atoms with E-state index in [2.05, 4.69) is 20.9 Å². The summed E-state index contributed by atoms with van der Waals surface area (Å²) in [6.07, 6.45) is 3.79. The molecule has 4 heteroatoms. The molecule has 0 amide bonds. The molecule has 0 atom stereocenters. The van der Waals surface area contributed by atoms with E-state index >= 15 is 0 Å². The van der Waals surface area contributed by atoms with Gasteiger partial charge in [0.25, 0.3) is 0 Å². The fourth-order valence-corrected chi connectivity index (χ4v) is 2.37. The molecule has 0 saturated heterocycles. The zero-order chi connectivity index (χ0) is 13.2. The third-order valence-electron chi connectivity index (χ3n) is 3.37. The van der Waals surface area contributed by atoms with E-state index in [1.165, 1.54) is 10.9 Å². The van der Waals surface area contributed by atoms with Crippen molar-refractivity contribution >= 4 is 11.0 Å². The molecule has 98 valence electrons. The standard InChI is InChI=1S/C15H17N3O/c1-11-17-7-8-18(11)10-15-13(9-16-2)12-5-3-4-6-14(12)19-15/h3-8,16H,9-10H2,1-2H3. The summed E-state index contributed by atoms with van der Waals surface area (Å²) in [6, 6.07) is 8.17. The van der Waals surface area contributed by atoms with Crippen LogP contribution < -0.4 is 5.32 Å². The summed E-state index contributed by atoms with van der Waals surface area (Å²) in [5.41, 5.74) is 2.17. The van der Waals surface area contributed by atoms with Crippen molar-refractivity contribution in [2.45, 2.75) is 20.0 Å². The largest absolute Gasteiger partial charge is 0.459 e. The van der Waals surface area contributed by atoms with E-state index in [4.69, 9.17) is 4.42 Å². The fourth-order valence-electron chi connectivity index (χ4n) is 2.37. The lowest BCUT2D eigenvalue weighted by molar-refractivity contribution is 0.515. The van der Waals surface area contributed by atoms with Crippen LogP contribution in [0.15, 0.2) is 41.1 Å². The Hall–Kier alpha value is -2.07. The molecule has 0 aliphatic carbocycles. The van der Waals surface area contributed by atoms with Crippen LogP contribution in [-0.2, 0) is 13.1 Å². The van der Waals surface area contributed by atoms with Crippen molar-refractivity contribution in [3.63, 3.8) is 0 Å². The van der Waals surface area contributed by atoms with Gasteiger partial charge in [0.2, 0.25) is 0 Å². The Balaban J connectivity index is 2.07. The van der Waals surface area contributed by atoms with Crippen LogP contribution in [-0.4, -0.2) is 16.6 Å². The zero-order valence-electron chi connectivity index (χ0n) is 11.2. The highest BCUT2D eigenvalue weighted by Crippen LogP contribution is 2.26. The van der Waals surface area contributed by atoms with Crippen molar-refractivity contribution in [1.29, 1.82) is 0 Å². The van der Waals surface area contributed by atoms with E-state index in [1.807, 2.05) is 44.6 Å². The first-order valence-electron chi connectivity index (χ1n) is 6.41. The van der Waals surface area contributed by atoms with E-state index < -0.39 is 0 Å². The van der Waals surface area contributed by atoms with Crippen LogP contribution in [0.2, 0.25) is 0 Å². The molecule has 1 N–H and O–H groups in total. The lowest BCUT2D eigenvalue weighted by Crippen LogP contribution is -2.08. The molecule has 2 heterocycles. The molecule has 0 radical (unpaired) electrons. The average Bonchev–Trinajstić information content (AvgIpc) is 2.96. The van der Waals surface area contributed by atoms with Crippen molar-refractivity contribution in [1.82, 2.24) is 14.9 Å². The summed E-state index contributed by atoms with van der Waals surface area (Å²) in [6.45, 7) is 3.53. The highest BCUT2D eigenvalue weighted by atomic mass is 16.3. The first-order chi connectivity index (χ1) is 9.29. The molecule has 4 nitrogen and oxygen atoms in total. The molecular weight excluding hydrogens is 238 g/mol. The van der Waals surface area contributed by atoms with E-state index in [0.29, 0.717) is 0 Å². The molecule has 0 fully saturated rings. The number of hydrogen-bond donors (Lipinski definition) is 1. The number of furan rings is 1. The van der Waals surface area contributed by atoms with Gasteiger partial charge in [-0.15, -0.1) is 0 Å². The van der Waals surface area contributed by atoms with Crippen LogP contribution in [0.3, 0.4) is 0 Å². The first-order valence-corrected chi connectivity index (χ1v) is 6.41. The van der Waals surface area contributed by atoms with Crippen molar-refractivity contribution in [2.24, 2.45) is 0 Å². The monoisotopic (exact) mass is 255 g/mol. The number of hydrogen-bond acceptors (Lipinski definition) is 3. The van der Waals surface area contributed by atoms with Gasteiger partial charge in [0.15, 0.2) is 0 Å². The topological polar surface area (TPSA) is 43.0 Å². The van der Waals surface area contributed by atoms with Crippen LogP contribution in [0.1, 0.15) is 17.1 Å². The molecule has 0 bridgehead atoms. The van der Waals surface area contributed by atoms with Gasteiger partial charge in [-0.1, -0.05) is 18.2 Å². The molecule has 0 aliphatic rings. The first kappa shape index (κ1) is 12.0. The van der Waals surface area contributed by atoms with Crippen LogP contribution >= 0.6 is 0 Å². The summed E-state index contributed by atoms with van der Waals surface area (Å²) in [5.74, 6) is 1.99. The van der Waals surface area contributed by atoms with E-state index in [9.17, 15) is 0 Å². The predicted octanol–water partition coefficient (Wildman–Crippen LogP) is 2.71. The van der Waals surface area contributed by atoms with E-state index in [-0.39, 0.29) is 0 Å². The normalized spacial score (nSPS) is 11.3. The minimum absolute atomic E-state index is 0.720. The van der Waals surface area contributed by atoms with Crippen molar-refractivity contribution in [3.8, 4) is 0 Å². The maximum absolute atomic E-state index is 5.99. The highest BCUT2D eigenvalue weighted by molar-refractivity contribution is 5.82.